The Labute approximate surface area is 198 Å². The molecule has 2 aromatic rings. The molecule has 1 aliphatic heterocycles. The van der Waals surface area contributed by atoms with Crippen molar-refractivity contribution in [1.29, 1.82) is 0 Å². The van der Waals surface area contributed by atoms with Gasteiger partial charge >= 0.3 is 18.2 Å². The van der Waals surface area contributed by atoms with Crippen LogP contribution in [0.4, 0.5) is 28.0 Å². The molecular weight excluding hydrogens is 474 g/mol. The van der Waals surface area contributed by atoms with E-state index in [2.05, 4.69) is 21.3 Å². The number of rotatable bonds is 5. The highest BCUT2D eigenvalue weighted by Gasteiger charge is 2.38. The van der Waals surface area contributed by atoms with Gasteiger partial charge in [0.2, 0.25) is 0 Å². The van der Waals surface area contributed by atoms with Gasteiger partial charge in [-0.25, -0.2) is 14.0 Å². The second-order valence-corrected chi connectivity index (χ2v) is 8.05. The van der Waals surface area contributed by atoms with Gasteiger partial charge in [0.15, 0.2) is 0 Å². The van der Waals surface area contributed by atoms with Crippen molar-refractivity contribution in [1.82, 2.24) is 20.5 Å². The van der Waals surface area contributed by atoms with Crippen LogP contribution in [0.5, 0.6) is 0 Å². The smallest absolute Gasteiger partial charge is 0.475 e. The Morgan fingerprint density at radius 3 is 2.43 bits per heavy atom. The van der Waals surface area contributed by atoms with Gasteiger partial charge in [-0.05, 0) is 51.4 Å². The van der Waals surface area contributed by atoms with Crippen LogP contribution in [0, 0.1) is 5.82 Å². The number of carboxylic acid groups (broad SMARTS) is 1. The number of hydrogen-bond donors (Lipinski definition) is 5. The SMILES string of the molecule is CC(C)NC(=O)Nc1cn(-c2cccc(F)c2)cc1C(=O)N[C@H]1CCCNC1.O=C(O)C(F)(F)F. The number of aromatic nitrogens is 1. The normalized spacial score (nSPS) is 15.6. The first-order valence-corrected chi connectivity index (χ1v) is 10.7. The minimum absolute atomic E-state index is 0.0381. The zero-order valence-electron chi connectivity index (χ0n) is 19.1. The number of benzene rings is 1. The molecule has 0 saturated carbocycles. The van der Waals surface area contributed by atoms with Crippen LogP contribution in [0.15, 0.2) is 36.7 Å². The summed E-state index contributed by atoms with van der Waals surface area (Å²) in [5.74, 6) is -3.41. The first-order valence-electron chi connectivity index (χ1n) is 10.7. The zero-order valence-corrected chi connectivity index (χ0v) is 19.1. The average molecular weight is 501 g/mol. The Balaban J connectivity index is 0.000000540. The van der Waals surface area contributed by atoms with Gasteiger partial charge in [0, 0.05) is 36.7 Å². The summed E-state index contributed by atoms with van der Waals surface area (Å²) in [4.78, 5) is 33.9. The molecule has 1 aromatic heterocycles. The van der Waals surface area contributed by atoms with Crippen LogP contribution in [0.2, 0.25) is 0 Å². The van der Waals surface area contributed by atoms with E-state index in [4.69, 9.17) is 9.90 Å². The van der Waals surface area contributed by atoms with E-state index in [1.807, 2.05) is 13.8 Å². The Bertz CT molecular complexity index is 1030. The molecule has 0 spiro atoms. The standard InChI is InChI=1S/C20H26FN5O2.C2HF3O2/c1-13(2)23-20(28)25-18-12-26(16-7-3-5-14(21)9-16)11-17(18)19(27)24-15-6-4-8-22-10-15;3-2(4,5)1(6)7/h3,5,7,9,11-13,15,22H,4,6,8,10H2,1-2H3,(H,24,27)(H2,23,25,28);(H,6,7)/t15-;/m0./s1. The molecule has 9 nitrogen and oxygen atoms in total. The molecule has 3 amide bonds. The summed E-state index contributed by atoms with van der Waals surface area (Å²) in [5.41, 5.74) is 1.25. The van der Waals surface area contributed by atoms with Crippen molar-refractivity contribution in [2.75, 3.05) is 18.4 Å². The third kappa shape index (κ3) is 8.92. The molecule has 0 aliphatic carbocycles. The van der Waals surface area contributed by atoms with E-state index in [1.165, 1.54) is 12.1 Å². The summed E-state index contributed by atoms with van der Waals surface area (Å²) in [7, 11) is 0. The number of anilines is 1. The largest absolute Gasteiger partial charge is 0.490 e. The first-order chi connectivity index (χ1) is 16.4. The Morgan fingerprint density at radius 2 is 1.89 bits per heavy atom. The van der Waals surface area contributed by atoms with Crippen molar-refractivity contribution >= 4 is 23.6 Å². The van der Waals surface area contributed by atoms with E-state index >= 15 is 0 Å². The number of urea groups is 1. The summed E-state index contributed by atoms with van der Waals surface area (Å²) >= 11 is 0. The summed E-state index contributed by atoms with van der Waals surface area (Å²) in [5, 5.41) is 18.8. The van der Waals surface area contributed by atoms with E-state index in [1.54, 1.807) is 29.1 Å². The number of carboxylic acids is 1. The van der Waals surface area contributed by atoms with Gasteiger partial charge in [-0.15, -0.1) is 0 Å². The van der Waals surface area contributed by atoms with E-state index in [-0.39, 0.29) is 23.8 Å². The second kappa shape index (κ2) is 12.2. The molecule has 1 atom stereocenters. The van der Waals surface area contributed by atoms with E-state index in [0.29, 0.717) is 23.5 Å². The minimum atomic E-state index is -5.08. The van der Waals surface area contributed by atoms with Crippen LogP contribution in [-0.4, -0.2) is 58.9 Å². The highest BCUT2D eigenvalue weighted by molar-refractivity contribution is 6.03. The van der Waals surface area contributed by atoms with Crippen molar-refractivity contribution in [2.45, 2.75) is 44.9 Å². The number of piperidine rings is 1. The molecule has 1 aliphatic rings. The Kier molecular flexibility index (Phi) is 9.63. The lowest BCUT2D eigenvalue weighted by atomic mass is 10.1. The fraction of sp³-hybridized carbons (Fsp3) is 0.409. The molecule has 1 aromatic carbocycles. The minimum Gasteiger partial charge on any atom is -0.475 e. The molecule has 1 saturated heterocycles. The monoisotopic (exact) mass is 501 g/mol. The van der Waals surface area contributed by atoms with Crippen molar-refractivity contribution in [3.63, 3.8) is 0 Å². The number of alkyl halides is 3. The van der Waals surface area contributed by atoms with Crippen LogP contribution < -0.4 is 21.3 Å². The molecule has 3 rings (SSSR count). The maximum absolute atomic E-state index is 13.6. The number of carbonyl (C=O) groups is 3. The van der Waals surface area contributed by atoms with Crippen LogP contribution in [0.25, 0.3) is 5.69 Å². The van der Waals surface area contributed by atoms with Crippen molar-refractivity contribution in [3.8, 4) is 5.69 Å². The highest BCUT2D eigenvalue weighted by Crippen LogP contribution is 2.22. The van der Waals surface area contributed by atoms with Gasteiger partial charge in [0.1, 0.15) is 5.82 Å². The van der Waals surface area contributed by atoms with Crippen LogP contribution in [0.1, 0.15) is 37.0 Å². The number of hydrogen-bond acceptors (Lipinski definition) is 4. The third-order valence-corrected chi connectivity index (χ3v) is 4.72. The lowest BCUT2D eigenvalue weighted by Gasteiger charge is -2.23. The van der Waals surface area contributed by atoms with Crippen LogP contribution in [-0.2, 0) is 4.79 Å². The Hall–Kier alpha value is -3.61. The topological polar surface area (TPSA) is 124 Å². The fourth-order valence-corrected chi connectivity index (χ4v) is 3.18. The van der Waals surface area contributed by atoms with Gasteiger partial charge < -0.3 is 30.9 Å². The highest BCUT2D eigenvalue weighted by atomic mass is 19.4. The average Bonchev–Trinajstić information content (AvgIpc) is 3.17. The molecule has 13 heteroatoms. The van der Waals surface area contributed by atoms with Crippen molar-refractivity contribution in [2.24, 2.45) is 0 Å². The number of halogens is 4. The summed E-state index contributed by atoms with van der Waals surface area (Å²) in [6.07, 6.45) is 0.0329. The molecule has 0 bridgehead atoms. The zero-order chi connectivity index (χ0) is 26.2. The Morgan fingerprint density at radius 1 is 1.20 bits per heavy atom. The maximum Gasteiger partial charge on any atom is 0.490 e. The van der Waals surface area contributed by atoms with Gasteiger partial charge in [0.05, 0.1) is 11.3 Å². The van der Waals surface area contributed by atoms with Crippen LogP contribution in [0.3, 0.4) is 0 Å². The molecule has 35 heavy (non-hydrogen) atoms. The lowest BCUT2D eigenvalue weighted by Crippen LogP contribution is -2.45. The van der Waals surface area contributed by atoms with Gasteiger partial charge in [-0.2, -0.15) is 13.2 Å². The van der Waals surface area contributed by atoms with Crippen molar-refractivity contribution in [3.05, 3.63) is 48.0 Å². The lowest BCUT2D eigenvalue weighted by molar-refractivity contribution is -0.192. The van der Waals surface area contributed by atoms with Crippen LogP contribution >= 0.6 is 0 Å². The van der Waals surface area contributed by atoms with E-state index in [0.717, 1.165) is 19.4 Å². The first kappa shape index (κ1) is 27.6. The molecule has 0 unspecified atom stereocenters. The molecule has 2 heterocycles. The molecule has 5 N–H and O–H groups in total. The van der Waals surface area contributed by atoms with Gasteiger partial charge in [-0.1, -0.05) is 6.07 Å². The maximum atomic E-state index is 13.6. The predicted octanol–water partition coefficient (Wildman–Crippen LogP) is 3.26. The number of amides is 3. The van der Waals surface area contributed by atoms with Crippen molar-refractivity contribution < 1.29 is 37.1 Å². The summed E-state index contributed by atoms with van der Waals surface area (Å²) in [6.45, 7) is 5.36. The quantitative estimate of drug-likeness (QED) is 0.403. The van der Waals surface area contributed by atoms with E-state index in [9.17, 15) is 27.2 Å². The predicted molar refractivity (Wildman–Crippen MR) is 120 cm³/mol. The second-order valence-electron chi connectivity index (χ2n) is 8.05. The third-order valence-electron chi connectivity index (χ3n) is 4.72. The van der Waals surface area contributed by atoms with Gasteiger partial charge in [-0.3, -0.25) is 4.79 Å². The van der Waals surface area contributed by atoms with Gasteiger partial charge in [0.25, 0.3) is 5.91 Å². The number of nitrogens with zero attached hydrogens (tertiary/aromatic N) is 1. The number of carbonyl (C=O) groups excluding carboxylic acids is 2. The molecular formula is C22H27F4N5O4. The fourth-order valence-electron chi connectivity index (χ4n) is 3.18. The number of nitrogens with one attached hydrogen (secondary N) is 4. The number of aliphatic carboxylic acids is 1. The molecule has 1 fully saturated rings. The summed E-state index contributed by atoms with van der Waals surface area (Å²) < 4.78 is 47.0. The van der Waals surface area contributed by atoms with E-state index < -0.39 is 18.2 Å². The molecule has 0 radical (unpaired) electrons. The molecule has 192 valence electrons. The summed E-state index contributed by atoms with van der Waals surface area (Å²) in [6, 6.07) is 5.63.